The van der Waals surface area contributed by atoms with Crippen LogP contribution in [-0.4, -0.2) is 52.9 Å². The van der Waals surface area contributed by atoms with Crippen LogP contribution in [0.4, 0.5) is 0 Å². The Morgan fingerprint density at radius 3 is 1.89 bits per heavy atom. The van der Waals surface area contributed by atoms with Gasteiger partial charge in [0.25, 0.3) is 11.8 Å². The fraction of sp³-hybridized carbons (Fsp3) is 0.476. The molecule has 0 bridgehead atoms. The molecular weight excluding hydrogens is 342 g/mol. The molecule has 0 N–H and O–H groups in total. The molecule has 1 saturated heterocycles. The summed E-state index contributed by atoms with van der Waals surface area (Å²) >= 11 is 0. The average molecular weight is 369 g/mol. The van der Waals surface area contributed by atoms with Crippen LogP contribution in [0.15, 0.2) is 28.8 Å². The summed E-state index contributed by atoms with van der Waals surface area (Å²) in [5.41, 5.74) is 3.09. The van der Waals surface area contributed by atoms with Crippen molar-refractivity contribution >= 4 is 11.8 Å². The van der Waals surface area contributed by atoms with Gasteiger partial charge in [-0.05, 0) is 37.0 Å². The van der Waals surface area contributed by atoms with Gasteiger partial charge in [0.1, 0.15) is 11.3 Å². The molecule has 144 valence electrons. The molecule has 2 amide bonds. The van der Waals surface area contributed by atoms with Crippen LogP contribution < -0.4 is 0 Å². The minimum absolute atomic E-state index is 0.0138. The molecule has 27 heavy (non-hydrogen) atoms. The van der Waals surface area contributed by atoms with Crippen LogP contribution in [-0.2, 0) is 5.41 Å². The predicted molar refractivity (Wildman–Crippen MR) is 103 cm³/mol. The van der Waals surface area contributed by atoms with E-state index in [9.17, 15) is 9.59 Å². The smallest absolute Gasteiger partial charge is 0.259 e. The second-order valence-corrected chi connectivity index (χ2v) is 8.11. The second kappa shape index (κ2) is 7.18. The van der Waals surface area contributed by atoms with Gasteiger partial charge in [-0.25, -0.2) is 0 Å². The maximum atomic E-state index is 12.8. The molecule has 2 heterocycles. The molecule has 6 heteroatoms. The number of aryl methyl sites for hydroxylation is 2. The van der Waals surface area contributed by atoms with Gasteiger partial charge in [0.05, 0.1) is 5.69 Å². The van der Waals surface area contributed by atoms with Crippen molar-refractivity contribution in [1.82, 2.24) is 15.0 Å². The maximum Gasteiger partial charge on any atom is 0.259 e. The number of rotatable bonds is 2. The highest BCUT2D eigenvalue weighted by atomic mass is 16.5. The summed E-state index contributed by atoms with van der Waals surface area (Å²) in [5.74, 6) is 0.475. The van der Waals surface area contributed by atoms with E-state index in [1.807, 2.05) is 29.2 Å². The molecule has 1 aromatic heterocycles. The van der Waals surface area contributed by atoms with Crippen molar-refractivity contribution in [2.45, 2.75) is 40.0 Å². The molecule has 0 unspecified atom stereocenters. The molecule has 0 aliphatic carbocycles. The fourth-order valence-electron chi connectivity index (χ4n) is 3.35. The van der Waals surface area contributed by atoms with Gasteiger partial charge in [-0.1, -0.05) is 38.1 Å². The molecule has 0 atom stereocenters. The summed E-state index contributed by atoms with van der Waals surface area (Å²) in [6.45, 7) is 12.0. The average Bonchev–Trinajstić information content (AvgIpc) is 2.98. The first kappa shape index (κ1) is 19.1. The Hall–Kier alpha value is -2.63. The van der Waals surface area contributed by atoms with E-state index in [-0.39, 0.29) is 17.2 Å². The Morgan fingerprint density at radius 2 is 1.44 bits per heavy atom. The van der Waals surface area contributed by atoms with Crippen molar-refractivity contribution in [3.8, 4) is 0 Å². The number of hydrogen-bond donors (Lipinski definition) is 0. The summed E-state index contributed by atoms with van der Waals surface area (Å²) in [6, 6.07) is 7.82. The summed E-state index contributed by atoms with van der Waals surface area (Å²) < 4.78 is 5.10. The molecule has 2 aromatic rings. The van der Waals surface area contributed by atoms with Gasteiger partial charge in [0.2, 0.25) is 0 Å². The molecule has 6 nitrogen and oxygen atoms in total. The third-order valence-electron chi connectivity index (χ3n) is 5.10. The van der Waals surface area contributed by atoms with Crippen LogP contribution >= 0.6 is 0 Å². The van der Waals surface area contributed by atoms with Gasteiger partial charge in [-0.15, -0.1) is 0 Å². The van der Waals surface area contributed by atoms with E-state index in [4.69, 9.17) is 4.52 Å². The lowest BCUT2D eigenvalue weighted by molar-refractivity contribution is 0.0534. The van der Waals surface area contributed by atoms with E-state index < -0.39 is 0 Å². The first-order valence-electron chi connectivity index (χ1n) is 9.30. The van der Waals surface area contributed by atoms with Crippen molar-refractivity contribution in [3.05, 3.63) is 52.4 Å². The van der Waals surface area contributed by atoms with Crippen LogP contribution in [0, 0.1) is 13.8 Å². The lowest BCUT2D eigenvalue weighted by Gasteiger charge is -2.34. The lowest BCUT2D eigenvalue weighted by Crippen LogP contribution is -2.50. The number of nitrogens with zero attached hydrogens (tertiary/aromatic N) is 3. The Labute approximate surface area is 160 Å². The lowest BCUT2D eigenvalue weighted by atomic mass is 9.86. The Kier molecular flexibility index (Phi) is 5.09. The summed E-state index contributed by atoms with van der Waals surface area (Å²) in [6.07, 6.45) is 0. The van der Waals surface area contributed by atoms with Crippen LogP contribution in [0.3, 0.4) is 0 Å². The quantitative estimate of drug-likeness (QED) is 0.815. The van der Waals surface area contributed by atoms with E-state index in [1.54, 1.807) is 18.7 Å². The topological polar surface area (TPSA) is 66.7 Å². The number of carbonyl (C=O) groups is 2. The van der Waals surface area contributed by atoms with E-state index >= 15 is 0 Å². The van der Waals surface area contributed by atoms with Crippen LogP contribution in [0.25, 0.3) is 0 Å². The SMILES string of the molecule is Cc1noc(C)c1C(=O)N1CCN(C(=O)c2ccc(C(C)(C)C)cc2)CC1. The molecule has 0 radical (unpaired) electrons. The van der Waals surface area contributed by atoms with Crippen molar-refractivity contribution in [3.63, 3.8) is 0 Å². The number of aromatic nitrogens is 1. The third-order valence-corrected chi connectivity index (χ3v) is 5.10. The maximum absolute atomic E-state index is 12.8. The zero-order chi connectivity index (χ0) is 19.8. The largest absolute Gasteiger partial charge is 0.361 e. The number of benzene rings is 1. The summed E-state index contributed by atoms with van der Waals surface area (Å²) in [7, 11) is 0. The normalized spacial score (nSPS) is 15.1. The minimum atomic E-state index is -0.0760. The van der Waals surface area contributed by atoms with Gasteiger partial charge in [0, 0.05) is 31.7 Å². The molecule has 3 rings (SSSR count). The summed E-state index contributed by atoms with van der Waals surface area (Å²) in [5, 5.41) is 3.85. The van der Waals surface area contributed by atoms with E-state index in [0.717, 1.165) is 0 Å². The van der Waals surface area contributed by atoms with Gasteiger partial charge in [-0.3, -0.25) is 9.59 Å². The first-order chi connectivity index (χ1) is 12.7. The number of amides is 2. The van der Waals surface area contributed by atoms with Crippen molar-refractivity contribution in [2.75, 3.05) is 26.2 Å². The highest BCUT2D eigenvalue weighted by Gasteiger charge is 2.28. The molecule has 1 aliphatic heterocycles. The van der Waals surface area contributed by atoms with Gasteiger partial charge in [-0.2, -0.15) is 0 Å². The third kappa shape index (κ3) is 3.89. The second-order valence-electron chi connectivity index (χ2n) is 8.11. The van der Waals surface area contributed by atoms with E-state index in [0.29, 0.717) is 48.8 Å². The highest BCUT2D eigenvalue weighted by molar-refractivity contribution is 5.97. The van der Waals surface area contributed by atoms with Gasteiger partial charge in [0.15, 0.2) is 0 Å². The molecular formula is C21H27N3O3. The number of carbonyl (C=O) groups excluding carboxylic acids is 2. The van der Waals surface area contributed by atoms with Crippen molar-refractivity contribution in [1.29, 1.82) is 0 Å². The number of hydrogen-bond acceptors (Lipinski definition) is 4. The van der Waals surface area contributed by atoms with Gasteiger partial charge >= 0.3 is 0 Å². The Bertz CT molecular complexity index is 819. The monoisotopic (exact) mass is 369 g/mol. The predicted octanol–water partition coefficient (Wildman–Crippen LogP) is 3.19. The van der Waals surface area contributed by atoms with E-state index in [2.05, 4.69) is 25.9 Å². The fourth-order valence-corrected chi connectivity index (χ4v) is 3.35. The van der Waals surface area contributed by atoms with Crippen LogP contribution in [0.1, 0.15) is 58.5 Å². The molecule has 1 aromatic carbocycles. The van der Waals surface area contributed by atoms with Crippen LogP contribution in [0.5, 0.6) is 0 Å². The van der Waals surface area contributed by atoms with Crippen molar-refractivity contribution < 1.29 is 14.1 Å². The van der Waals surface area contributed by atoms with Crippen LogP contribution in [0.2, 0.25) is 0 Å². The zero-order valence-electron chi connectivity index (χ0n) is 16.7. The first-order valence-corrected chi connectivity index (χ1v) is 9.30. The molecule has 0 spiro atoms. The molecule has 0 saturated carbocycles. The van der Waals surface area contributed by atoms with Crippen molar-refractivity contribution in [2.24, 2.45) is 0 Å². The van der Waals surface area contributed by atoms with Gasteiger partial charge < -0.3 is 14.3 Å². The molecule has 1 aliphatic rings. The molecule has 1 fully saturated rings. The highest BCUT2D eigenvalue weighted by Crippen LogP contribution is 2.23. The Morgan fingerprint density at radius 1 is 0.926 bits per heavy atom. The Balaban J connectivity index is 1.63. The number of piperazine rings is 1. The minimum Gasteiger partial charge on any atom is -0.361 e. The summed E-state index contributed by atoms with van der Waals surface area (Å²) in [4.78, 5) is 29.0. The zero-order valence-corrected chi connectivity index (χ0v) is 16.7. The standard InChI is InChI=1S/C21H27N3O3/c1-14-18(15(2)27-22-14)20(26)24-12-10-23(11-13-24)19(25)16-6-8-17(9-7-16)21(3,4)5/h6-9H,10-13H2,1-5H3. The van der Waals surface area contributed by atoms with E-state index in [1.165, 1.54) is 5.56 Å².